The molecule has 0 saturated heterocycles. The van der Waals surface area contributed by atoms with Crippen LogP contribution in [0, 0.1) is 0 Å². The second kappa shape index (κ2) is 9.21. The number of nitrogens with zero attached hydrogens (tertiary/aromatic N) is 3. The largest absolute Gasteiger partial charge is 0.325 e. The molecular formula is C20H30N4OS. The molecule has 142 valence electrons. The maximum Gasteiger partial charge on any atom is 0.234 e. The van der Waals surface area contributed by atoms with Gasteiger partial charge in [-0.05, 0) is 37.8 Å². The Morgan fingerprint density at radius 1 is 1.12 bits per heavy atom. The monoisotopic (exact) mass is 374 g/mol. The molecule has 1 amide bonds. The molecule has 0 aliphatic heterocycles. The zero-order valence-corrected chi connectivity index (χ0v) is 17.5. The highest BCUT2D eigenvalue weighted by atomic mass is 32.2. The standard InChI is InChI=1S/C20H30N4OS/c1-7-15-10-9-11-16(8-2)18(15)21-17(25)12-26-20-23-22-19(13(3)4)24(20)14(5)6/h9-11,13-14H,7-8,12H2,1-6H3,(H,21,25). The lowest BCUT2D eigenvalue weighted by Crippen LogP contribution is -2.17. The first kappa shape index (κ1) is 20.5. The maximum atomic E-state index is 12.6. The molecule has 1 N–H and O–H groups in total. The van der Waals surface area contributed by atoms with E-state index in [1.54, 1.807) is 0 Å². The van der Waals surface area contributed by atoms with Crippen molar-refractivity contribution in [2.75, 3.05) is 11.1 Å². The van der Waals surface area contributed by atoms with E-state index in [0.717, 1.165) is 29.5 Å². The quantitative estimate of drug-likeness (QED) is 0.672. The molecule has 1 aromatic heterocycles. The van der Waals surface area contributed by atoms with Crippen LogP contribution in [0.1, 0.15) is 70.5 Å². The van der Waals surface area contributed by atoms with E-state index < -0.39 is 0 Å². The van der Waals surface area contributed by atoms with Gasteiger partial charge < -0.3 is 9.88 Å². The SMILES string of the molecule is CCc1cccc(CC)c1NC(=O)CSc1nnc(C(C)C)n1C(C)C. The van der Waals surface area contributed by atoms with E-state index in [4.69, 9.17) is 0 Å². The van der Waals surface area contributed by atoms with Crippen LogP contribution in [0.4, 0.5) is 5.69 Å². The number of benzene rings is 1. The molecule has 1 heterocycles. The average molecular weight is 375 g/mol. The van der Waals surface area contributed by atoms with Crippen LogP contribution in [0.5, 0.6) is 0 Å². The lowest BCUT2D eigenvalue weighted by molar-refractivity contribution is -0.113. The summed E-state index contributed by atoms with van der Waals surface area (Å²) in [4.78, 5) is 12.6. The minimum Gasteiger partial charge on any atom is -0.325 e. The van der Waals surface area contributed by atoms with Gasteiger partial charge in [-0.1, -0.05) is 57.7 Å². The van der Waals surface area contributed by atoms with Gasteiger partial charge in [0.25, 0.3) is 0 Å². The van der Waals surface area contributed by atoms with Gasteiger partial charge in [0, 0.05) is 17.6 Å². The number of para-hydroxylation sites is 1. The molecule has 0 aliphatic carbocycles. The Kier molecular flexibility index (Phi) is 7.26. The number of anilines is 1. The third-order valence-electron chi connectivity index (χ3n) is 4.32. The van der Waals surface area contributed by atoms with Crippen LogP contribution in [0.3, 0.4) is 0 Å². The van der Waals surface area contributed by atoms with Crippen LogP contribution in [0.25, 0.3) is 0 Å². The third-order valence-corrected chi connectivity index (χ3v) is 5.26. The van der Waals surface area contributed by atoms with Gasteiger partial charge in [0.15, 0.2) is 5.16 Å². The number of rotatable bonds is 8. The molecule has 5 nitrogen and oxygen atoms in total. The van der Waals surface area contributed by atoms with Gasteiger partial charge in [0.05, 0.1) is 5.75 Å². The smallest absolute Gasteiger partial charge is 0.234 e. The molecule has 1 aromatic carbocycles. The van der Waals surface area contributed by atoms with Crippen molar-refractivity contribution in [1.29, 1.82) is 0 Å². The van der Waals surface area contributed by atoms with E-state index in [1.807, 2.05) is 0 Å². The first-order valence-electron chi connectivity index (χ1n) is 9.37. The van der Waals surface area contributed by atoms with Crippen molar-refractivity contribution in [3.63, 3.8) is 0 Å². The number of thioether (sulfide) groups is 1. The van der Waals surface area contributed by atoms with Crippen molar-refractivity contribution in [1.82, 2.24) is 14.8 Å². The summed E-state index contributed by atoms with van der Waals surface area (Å²) < 4.78 is 2.13. The Bertz CT molecular complexity index is 730. The van der Waals surface area contributed by atoms with Gasteiger partial charge in [-0.2, -0.15) is 0 Å². The molecule has 0 saturated carbocycles. The topological polar surface area (TPSA) is 59.8 Å². The molecule has 0 spiro atoms. The maximum absolute atomic E-state index is 12.6. The molecule has 0 radical (unpaired) electrons. The van der Waals surface area contributed by atoms with Crippen LogP contribution in [-0.2, 0) is 17.6 Å². The van der Waals surface area contributed by atoms with Crippen LogP contribution in [-0.4, -0.2) is 26.4 Å². The van der Waals surface area contributed by atoms with Gasteiger partial charge in [-0.25, -0.2) is 0 Å². The summed E-state index contributed by atoms with van der Waals surface area (Å²) in [5, 5.41) is 12.5. The van der Waals surface area contributed by atoms with Crippen LogP contribution >= 0.6 is 11.8 Å². The molecular weight excluding hydrogens is 344 g/mol. The third kappa shape index (κ3) is 4.67. The van der Waals surface area contributed by atoms with E-state index in [0.29, 0.717) is 11.7 Å². The summed E-state index contributed by atoms with van der Waals surface area (Å²) in [7, 11) is 0. The van der Waals surface area contributed by atoms with E-state index in [-0.39, 0.29) is 11.9 Å². The predicted octanol–water partition coefficient (Wildman–Crippen LogP) is 4.84. The first-order chi connectivity index (χ1) is 12.4. The highest BCUT2D eigenvalue weighted by molar-refractivity contribution is 7.99. The Hall–Kier alpha value is -1.82. The van der Waals surface area contributed by atoms with Gasteiger partial charge >= 0.3 is 0 Å². The highest BCUT2D eigenvalue weighted by Crippen LogP contribution is 2.26. The fourth-order valence-corrected chi connectivity index (χ4v) is 3.85. The molecule has 2 aromatic rings. The Labute approximate surface area is 161 Å². The number of hydrogen-bond acceptors (Lipinski definition) is 4. The number of carbonyl (C=O) groups excluding carboxylic acids is 1. The van der Waals surface area contributed by atoms with E-state index in [2.05, 4.69) is 79.8 Å². The van der Waals surface area contributed by atoms with Gasteiger partial charge in [-0.15, -0.1) is 10.2 Å². The summed E-state index contributed by atoms with van der Waals surface area (Å²) in [6.07, 6.45) is 1.80. The van der Waals surface area contributed by atoms with Gasteiger partial charge in [0.2, 0.25) is 5.91 Å². The lowest BCUT2D eigenvalue weighted by Gasteiger charge is -2.16. The molecule has 0 fully saturated rings. The molecule has 2 rings (SSSR count). The van der Waals surface area contributed by atoms with Crippen LogP contribution < -0.4 is 5.32 Å². The molecule has 0 aliphatic rings. The molecule has 6 heteroatoms. The summed E-state index contributed by atoms with van der Waals surface area (Å²) in [6, 6.07) is 6.47. The Morgan fingerprint density at radius 2 is 1.73 bits per heavy atom. The number of nitrogens with one attached hydrogen (secondary N) is 1. The van der Waals surface area contributed by atoms with Crippen molar-refractivity contribution in [2.24, 2.45) is 0 Å². The van der Waals surface area contributed by atoms with Crippen molar-refractivity contribution in [3.8, 4) is 0 Å². The number of aromatic nitrogens is 3. The minimum atomic E-state index is -0.00463. The van der Waals surface area contributed by atoms with Crippen LogP contribution in [0.2, 0.25) is 0 Å². The highest BCUT2D eigenvalue weighted by Gasteiger charge is 2.19. The van der Waals surface area contributed by atoms with E-state index in [1.165, 1.54) is 22.9 Å². The van der Waals surface area contributed by atoms with Crippen molar-refractivity contribution < 1.29 is 4.79 Å². The number of aryl methyl sites for hydroxylation is 2. The van der Waals surface area contributed by atoms with Crippen molar-refractivity contribution in [2.45, 2.75) is 71.5 Å². The van der Waals surface area contributed by atoms with Crippen LogP contribution in [0.15, 0.2) is 23.4 Å². The number of carbonyl (C=O) groups is 1. The lowest BCUT2D eigenvalue weighted by atomic mass is 10.0. The fraction of sp³-hybridized carbons (Fsp3) is 0.550. The first-order valence-corrected chi connectivity index (χ1v) is 10.4. The van der Waals surface area contributed by atoms with Crippen molar-refractivity contribution >= 4 is 23.4 Å². The van der Waals surface area contributed by atoms with E-state index in [9.17, 15) is 4.79 Å². The average Bonchev–Trinajstić information content (AvgIpc) is 3.04. The molecule has 0 atom stereocenters. The van der Waals surface area contributed by atoms with E-state index >= 15 is 0 Å². The number of hydrogen-bond donors (Lipinski definition) is 1. The van der Waals surface area contributed by atoms with Gasteiger partial charge in [-0.3, -0.25) is 4.79 Å². The van der Waals surface area contributed by atoms with Gasteiger partial charge in [0.1, 0.15) is 5.82 Å². The molecule has 26 heavy (non-hydrogen) atoms. The number of amides is 1. The van der Waals surface area contributed by atoms with Crippen molar-refractivity contribution in [3.05, 3.63) is 35.2 Å². The Balaban J connectivity index is 2.11. The zero-order valence-electron chi connectivity index (χ0n) is 16.7. The molecule has 0 bridgehead atoms. The normalized spacial score (nSPS) is 11.4. The fourth-order valence-electron chi connectivity index (χ4n) is 2.97. The Morgan fingerprint density at radius 3 is 2.23 bits per heavy atom. The summed E-state index contributed by atoms with van der Waals surface area (Å²) in [6.45, 7) is 12.7. The minimum absolute atomic E-state index is 0.00463. The second-order valence-electron chi connectivity index (χ2n) is 6.95. The summed E-state index contributed by atoms with van der Waals surface area (Å²) in [5.74, 6) is 1.59. The second-order valence-corrected chi connectivity index (χ2v) is 7.90. The molecule has 0 unspecified atom stereocenters. The predicted molar refractivity (Wildman–Crippen MR) is 109 cm³/mol. The summed E-state index contributed by atoms with van der Waals surface area (Å²) >= 11 is 1.45. The summed E-state index contributed by atoms with van der Waals surface area (Å²) in [5.41, 5.74) is 3.32. The zero-order chi connectivity index (χ0) is 19.3.